The average molecular weight is 162 g/mol. The van der Waals surface area contributed by atoms with Crippen LogP contribution in [-0.4, -0.2) is 20.9 Å². The van der Waals surface area contributed by atoms with Gasteiger partial charge in [0, 0.05) is 30.7 Å². The van der Waals surface area contributed by atoms with Crippen LogP contribution in [0.25, 0.3) is 5.65 Å². The summed E-state index contributed by atoms with van der Waals surface area (Å²) in [7, 11) is 0. The van der Waals surface area contributed by atoms with Crippen molar-refractivity contribution >= 4 is 5.65 Å². The monoisotopic (exact) mass is 162 g/mol. The van der Waals surface area contributed by atoms with Gasteiger partial charge in [-0.1, -0.05) is 0 Å². The summed E-state index contributed by atoms with van der Waals surface area (Å²) >= 11 is 0. The van der Waals surface area contributed by atoms with Gasteiger partial charge in [0.05, 0.1) is 6.20 Å². The summed E-state index contributed by atoms with van der Waals surface area (Å²) in [4.78, 5) is 8.15. The molecule has 0 bridgehead atoms. The Morgan fingerprint density at radius 1 is 1.42 bits per heavy atom. The van der Waals surface area contributed by atoms with E-state index in [4.69, 9.17) is 5.73 Å². The molecule has 2 aromatic rings. The van der Waals surface area contributed by atoms with Crippen LogP contribution >= 0.6 is 0 Å². The van der Waals surface area contributed by atoms with Crippen LogP contribution in [0.5, 0.6) is 0 Å². The van der Waals surface area contributed by atoms with Gasteiger partial charge in [-0.15, -0.1) is 0 Å². The number of hydrogen-bond acceptors (Lipinski definition) is 3. The summed E-state index contributed by atoms with van der Waals surface area (Å²) in [5.74, 6) is 0. The lowest BCUT2D eigenvalue weighted by Crippen LogP contribution is -2.04. The van der Waals surface area contributed by atoms with Gasteiger partial charge in [-0.05, 0) is 6.54 Å². The van der Waals surface area contributed by atoms with Crippen molar-refractivity contribution < 1.29 is 0 Å². The standard InChI is InChI=1S/C8H10N4/c9-2-1-7-5-11-8-6-10-3-4-12(7)8/h3-6H,1-2,9H2. The Bertz CT molecular complexity index is 379. The molecule has 2 aromatic heterocycles. The van der Waals surface area contributed by atoms with Gasteiger partial charge in [-0.25, -0.2) is 4.98 Å². The first-order valence-corrected chi connectivity index (χ1v) is 3.88. The van der Waals surface area contributed by atoms with E-state index in [1.54, 1.807) is 12.4 Å². The molecule has 0 saturated heterocycles. The SMILES string of the molecule is NCCc1cnc2cnccn12. The van der Waals surface area contributed by atoms with Crippen LogP contribution in [0.1, 0.15) is 5.69 Å². The average Bonchev–Trinajstić information content (AvgIpc) is 2.50. The van der Waals surface area contributed by atoms with Crippen molar-refractivity contribution in [3.8, 4) is 0 Å². The number of nitrogens with two attached hydrogens (primary N) is 1. The van der Waals surface area contributed by atoms with E-state index in [1.807, 2.05) is 16.8 Å². The summed E-state index contributed by atoms with van der Waals surface area (Å²) in [6.45, 7) is 0.649. The van der Waals surface area contributed by atoms with Crippen LogP contribution in [0.3, 0.4) is 0 Å². The highest BCUT2D eigenvalue weighted by molar-refractivity contribution is 5.36. The lowest BCUT2D eigenvalue weighted by molar-refractivity contribution is 0.901. The van der Waals surface area contributed by atoms with Crippen LogP contribution < -0.4 is 5.73 Å². The van der Waals surface area contributed by atoms with Gasteiger partial charge in [0.25, 0.3) is 0 Å². The van der Waals surface area contributed by atoms with Crippen molar-refractivity contribution in [3.63, 3.8) is 0 Å². The summed E-state index contributed by atoms with van der Waals surface area (Å²) < 4.78 is 2.00. The molecule has 0 radical (unpaired) electrons. The Balaban J connectivity index is 2.55. The quantitative estimate of drug-likeness (QED) is 0.687. The predicted octanol–water partition coefficient (Wildman–Crippen LogP) is 0.230. The number of aromatic nitrogens is 3. The third kappa shape index (κ3) is 1.06. The fourth-order valence-corrected chi connectivity index (χ4v) is 1.23. The van der Waals surface area contributed by atoms with Crippen LogP contribution in [-0.2, 0) is 6.42 Å². The number of rotatable bonds is 2. The third-order valence-corrected chi connectivity index (χ3v) is 1.79. The van der Waals surface area contributed by atoms with Crippen molar-refractivity contribution in [2.75, 3.05) is 6.54 Å². The van der Waals surface area contributed by atoms with E-state index in [9.17, 15) is 0 Å². The van der Waals surface area contributed by atoms with Crippen molar-refractivity contribution in [1.82, 2.24) is 14.4 Å². The Morgan fingerprint density at radius 3 is 3.17 bits per heavy atom. The molecular formula is C8H10N4. The Morgan fingerprint density at radius 2 is 2.33 bits per heavy atom. The third-order valence-electron chi connectivity index (χ3n) is 1.79. The van der Waals surface area contributed by atoms with Gasteiger partial charge >= 0.3 is 0 Å². The van der Waals surface area contributed by atoms with Gasteiger partial charge in [0.1, 0.15) is 0 Å². The summed E-state index contributed by atoms with van der Waals surface area (Å²) in [6, 6.07) is 0. The lowest BCUT2D eigenvalue weighted by atomic mass is 10.3. The molecule has 0 aliphatic carbocycles. The normalized spacial score (nSPS) is 10.8. The molecule has 2 heterocycles. The minimum atomic E-state index is 0.649. The summed E-state index contributed by atoms with van der Waals surface area (Å²) in [5, 5.41) is 0. The molecule has 4 heteroatoms. The Hall–Kier alpha value is -1.42. The largest absolute Gasteiger partial charge is 0.330 e. The van der Waals surface area contributed by atoms with Gasteiger partial charge in [-0.2, -0.15) is 0 Å². The molecule has 4 nitrogen and oxygen atoms in total. The fourth-order valence-electron chi connectivity index (χ4n) is 1.23. The van der Waals surface area contributed by atoms with E-state index < -0.39 is 0 Å². The van der Waals surface area contributed by atoms with Gasteiger partial charge < -0.3 is 10.1 Å². The molecule has 2 N–H and O–H groups in total. The van der Waals surface area contributed by atoms with E-state index in [1.165, 1.54) is 0 Å². The second kappa shape index (κ2) is 2.91. The maximum absolute atomic E-state index is 5.45. The van der Waals surface area contributed by atoms with Crippen molar-refractivity contribution in [3.05, 3.63) is 30.5 Å². The van der Waals surface area contributed by atoms with E-state index in [2.05, 4.69) is 9.97 Å². The van der Waals surface area contributed by atoms with Crippen molar-refractivity contribution in [1.29, 1.82) is 0 Å². The second-order valence-corrected chi connectivity index (χ2v) is 2.59. The first-order valence-electron chi connectivity index (χ1n) is 3.88. The highest BCUT2D eigenvalue weighted by Crippen LogP contribution is 2.03. The number of nitrogens with zero attached hydrogens (tertiary/aromatic N) is 3. The predicted molar refractivity (Wildman–Crippen MR) is 45.7 cm³/mol. The molecule has 12 heavy (non-hydrogen) atoms. The maximum Gasteiger partial charge on any atom is 0.155 e. The molecule has 0 aliphatic rings. The first kappa shape index (κ1) is 7.24. The zero-order valence-electron chi connectivity index (χ0n) is 6.64. The lowest BCUT2D eigenvalue weighted by Gasteiger charge is -1.96. The van der Waals surface area contributed by atoms with Gasteiger partial charge in [0.15, 0.2) is 5.65 Å². The number of imidazole rings is 1. The molecule has 62 valence electrons. The summed E-state index contributed by atoms with van der Waals surface area (Å²) in [6.07, 6.45) is 8.07. The minimum absolute atomic E-state index is 0.649. The van der Waals surface area contributed by atoms with Gasteiger partial charge in [0.2, 0.25) is 0 Å². The first-order chi connectivity index (χ1) is 5.92. The Labute approximate surface area is 70.1 Å². The molecule has 0 saturated carbocycles. The van der Waals surface area contributed by atoms with Gasteiger partial charge in [-0.3, -0.25) is 4.98 Å². The molecule has 0 aliphatic heterocycles. The Kier molecular flexibility index (Phi) is 1.75. The second-order valence-electron chi connectivity index (χ2n) is 2.59. The van der Waals surface area contributed by atoms with Crippen LogP contribution in [0.2, 0.25) is 0 Å². The highest BCUT2D eigenvalue weighted by Gasteiger charge is 1.99. The molecule has 2 rings (SSSR count). The van der Waals surface area contributed by atoms with E-state index in [-0.39, 0.29) is 0 Å². The topological polar surface area (TPSA) is 56.2 Å². The fraction of sp³-hybridized carbons (Fsp3) is 0.250. The zero-order chi connectivity index (χ0) is 8.39. The van der Waals surface area contributed by atoms with E-state index in [0.717, 1.165) is 17.8 Å². The molecular weight excluding hydrogens is 152 g/mol. The van der Waals surface area contributed by atoms with E-state index in [0.29, 0.717) is 6.54 Å². The molecule has 0 fully saturated rings. The molecule has 0 unspecified atom stereocenters. The molecule has 0 aromatic carbocycles. The molecule has 0 atom stereocenters. The number of hydrogen-bond donors (Lipinski definition) is 1. The minimum Gasteiger partial charge on any atom is -0.330 e. The molecule has 0 spiro atoms. The highest BCUT2D eigenvalue weighted by atomic mass is 15.0. The van der Waals surface area contributed by atoms with Crippen LogP contribution in [0.4, 0.5) is 0 Å². The van der Waals surface area contributed by atoms with Crippen LogP contribution in [0.15, 0.2) is 24.8 Å². The molecule has 0 amide bonds. The summed E-state index contributed by atoms with van der Waals surface area (Å²) in [5.41, 5.74) is 7.46. The maximum atomic E-state index is 5.45. The van der Waals surface area contributed by atoms with E-state index >= 15 is 0 Å². The van der Waals surface area contributed by atoms with Crippen LogP contribution in [0, 0.1) is 0 Å². The smallest absolute Gasteiger partial charge is 0.155 e. The number of fused-ring (bicyclic) bond motifs is 1. The van der Waals surface area contributed by atoms with Crippen molar-refractivity contribution in [2.45, 2.75) is 6.42 Å². The zero-order valence-corrected chi connectivity index (χ0v) is 6.64. The van der Waals surface area contributed by atoms with Crippen molar-refractivity contribution in [2.24, 2.45) is 5.73 Å².